The molecule has 3 nitrogen and oxygen atoms in total. The molecule has 1 aromatic carbocycles. The number of halogens is 1. The van der Waals surface area contributed by atoms with Crippen LogP contribution in [0.4, 0.5) is 4.39 Å². The number of aliphatic hydroxyl groups excluding tert-OH is 1. The van der Waals surface area contributed by atoms with Crippen LogP contribution in [0.3, 0.4) is 0 Å². The molecule has 0 bridgehead atoms. The van der Waals surface area contributed by atoms with Gasteiger partial charge in [-0.15, -0.1) is 0 Å². The van der Waals surface area contributed by atoms with Gasteiger partial charge in [0.2, 0.25) is 0 Å². The normalized spacial score (nSPS) is 30.3. The molecular weight excluding hydrogens is 243 g/mol. The van der Waals surface area contributed by atoms with E-state index in [-0.39, 0.29) is 11.9 Å². The summed E-state index contributed by atoms with van der Waals surface area (Å²) in [5.41, 5.74) is 1.07. The summed E-state index contributed by atoms with van der Waals surface area (Å²) in [6, 6.07) is 6.53. The molecule has 3 rings (SSSR count). The van der Waals surface area contributed by atoms with Gasteiger partial charge < -0.3 is 5.11 Å². The Hall–Kier alpha value is -1.44. The van der Waals surface area contributed by atoms with Crippen LogP contribution in [0.25, 0.3) is 0 Å². The van der Waals surface area contributed by atoms with Gasteiger partial charge in [-0.3, -0.25) is 4.90 Å². The molecule has 19 heavy (non-hydrogen) atoms. The van der Waals surface area contributed by atoms with Gasteiger partial charge in [-0.2, -0.15) is 5.26 Å². The molecule has 1 saturated heterocycles. The summed E-state index contributed by atoms with van der Waals surface area (Å²) in [5, 5.41) is 18.7. The summed E-state index contributed by atoms with van der Waals surface area (Å²) in [6.07, 6.45) is 1.79. The lowest BCUT2D eigenvalue weighted by molar-refractivity contribution is 0.123. The summed E-state index contributed by atoms with van der Waals surface area (Å²) < 4.78 is 13.7. The highest BCUT2D eigenvalue weighted by Crippen LogP contribution is 2.38. The Balaban J connectivity index is 1.72. The van der Waals surface area contributed by atoms with Crippen molar-refractivity contribution in [3.05, 3.63) is 35.1 Å². The second-order valence-corrected chi connectivity index (χ2v) is 5.68. The van der Waals surface area contributed by atoms with Crippen molar-refractivity contribution >= 4 is 0 Å². The smallest absolute Gasteiger partial charge is 0.127 e. The SMILES string of the molecule is N#Cc1ccc(F)c(CN2CC3CCC(O)C3C2)c1. The summed E-state index contributed by atoms with van der Waals surface area (Å²) in [7, 11) is 0. The first-order valence-electron chi connectivity index (χ1n) is 6.76. The predicted molar refractivity (Wildman–Crippen MR) is 68.6 cm³/mol. The molecule has 1 N–H and O–H groups in total. The maximum absolute atomic E-state index is 13.7. The number of benzene rings is 1. The van der Waals surface area contributed by atoms with Gasteiger partial charge in [-0.25, -0.2) is 4.39 Å². The third-order valence-electron chi connectivity index (χ3n) is 4.46. The van der Waals surface area contributed by atoms with Gasteiger partial charge in [-0.1, -0.05) is 0 Å². The largest absolute Gasteiger partial charge is 0.393 e. The molecule has 1 heterocycles. The summed E-state index contributed by atoms with van der Waals surface area (Å²) in [6.45, 7) is 2.29. The average molecular weight is 260 g/mol. The minimum absolute atomic E-state index is 0.190. The highest BCUT2D eigenvalue weighted by Gasteiger charge is 2.41. The molecule has 3 unspecified atom stereocenters. The van der Waals surface area contributed by atoms with Crippen molar-refractivity contribution in [1.29, 1.82) is 5.26 Å². The van der Waals surface area contributed by atoms with Crippen molar-refractivity contribution in [2.24, 2.45) is 11.8 Å². The standard InChI is InChI=1S/C15H17FN2O/c16-14-3-1-10(6-17)5-12(14)8-18-7-11-2-4-15(19)13(11)9-18/h1,3,5,11,13,15,19H,2,4,7-9H2. The predicted octanol–water partition coefficient (Wildman–Crippen LogP) is 1.90. The van der Waals surface area contributed by atoms with Crippen LogP contribution in [0, 0.1) is 29.0 Å². The van der Waals surface area contributed by atoms with E-state index < -0.39 is 0 Å². The minimum Gasteiger partial charge on any atom is -0.393 e. The molecule has 0 spiro atoms. The number of nitriles is 1. The molecule has 2 fully saturated rings. The van der Waals surface area contributed by atoms with Crippen LogP contribution in [0.5, 0.6) is 0 Å². The fourth-order valence-corrected chi connectivity index (χ4v) is 3.46. The lowest BCUT2D eigenvalue weighted by Crippen LogP contribution is -2.24. The van der Waals surface area contributed by atoms with E-state index in [9.17, 15) is 9.50 Å². The Morgan fingerprint density at radius 2 is 2.21 bits per heavy atom. The number of fused-ring (bicyclic) bond motifs is 1. The van der Waals surface area contributed by atoms with Crippen LogP contribution in [0.1, 0.15) is 24.0 Å². The zero-order valence-corrected chi connectivity index (χ0v) is 10.7. The van der Waals surface area contributed by atoms with Crippen LogP contribution >= 0.6 is 0 Å². The maximum Gasteiger partial charge on any atom is 0.127 e. The fourth-order valence-electron chi connectivity index (χ4n) is 3.46. The highest BCUT2D eigenvalue weighted by atomic mass is 19.1. The summed E-state index contributed by atoms with van der Waals surface area (Å²) in [4.78, 5) is 2.19. The van der Waals surface area contributed by atoms with Crippen molar-refractivity contribution in [3.63, 3.8) is 0 Å². The molecule has 2 aliphatic rings. The lowest BCUT2D eigenvalue weighted by Gasteiger charge is -2.18. The quantitative estimate of drug-likeness (QED) is 0.883. The zero-order valence-electron chi connectivity index (χ0n) is 10.7. The van der Waals surface area contributed by atoms with Gasteiger partial charge >= 0.3 is 0 Å². The number of rotatable bonds is 2. The molecule has 3 atom stereocenters. The van der Waals surface area contributed by atoms with Gasteiger partial charge in [-0.05, 0) is 37.0 Å². The number of hydrogen-bond donors (Lipinski definition) is 1. The molecular formula is C15H17FN2O. The van der Waals surface area contributed by atoms with Crippen molar-refractivity contribution in [2.45, 2.75) is 25.5 Å². The first-order valence-corrected chi connectivity index (χ1v) is 6.76. The van der Waals surface area contributed by atoms with Crippen LogP contribution in [0.2, 0.25) is 0 Å². The van der Waals surface area contributed by atoms with Crippen LogP contribution in [-0.4, -0.2) is 29.2 Å². The van der Waals surface area contributed by atoms with E-state index in [1.807, 2.05) is 6.07 Å². The molecule has 1 aliphatic heterocycles. The lowest BCUT2D eigenvalue weighted by atomic mass is 10.00. The minimum atomic E-state index is -0.253. The molecule has 0 amide bonds. The molecule has 0 radical (unpaired) electrons. The van der Waals surface area contributed by atoms with Crippen LogP contribution in [0.15, 0.2) is 18.2 Å². The third-order valence-corrected chi connectivity index (χ3v) is 4.46. The van der Waals surface area contributed by atoms with E-state index in [0.717, 1.165) is 25.9 Å². The second kappa shape index (κ2) is 4.92. The zero-order chi connectivity index (χ0) is 13.4. The molecule has 1 saturated carbocycles. The van der Waals surface area contributed by atoms with Crippen LogP contribution < -0.4 is 0 Å². The van der Waals surface area contributed by atoms with Gasteiger partial charge in [0, 0.05) is 31.1 Å². The van der Waals surface area contributed by atoms with Gasteiger partial charge in [0.05, 0.1) is 17.7 Å². The number of nitrogens with zero attached hydrogens (tertiary/aromatic N) is 2. The first-order chi connectivity index (χ1) is 9.17. The summed E-state index contributed by atoms with van der Waals surface area (Å²) >= 11 is 0. The van der Waals surface area contributed by atoms with Gasteiger partial charge in [0.25, 0.3) is 0 Å². The fraction of sp³-hybridized carbons (Fsp3) is 0.533. The van der Waals surface area contributed by atoms with E-state index in [0.29, 0.717) is 29.5 Å². The van der Waals surface area contributed by atoms with Crippen molar-refractivity contribution < 1.29 is 9.50 Å². The van der Waals surface area contributed by atoms with Gasteiger partial charge in [0.15, 0.2) is 0 Å². The maximum atomic E-state index is 13.7. The monoisotopic (exact) mass is 260 g/mol. The number of aliphatic hydroxyl groups is 1. The Bertz CT molecular complexity index is 525. The Morgan fingerprint density at radius 3 is 2.95 bits per heavy atom. The van der Waals surface area contributed by atoms with E-state index in [1.165, 1.54) is 12.1 Å². The van der Waals surface area contributed by atoms with E-state index in [2.05, 4.69) is 4.90 Å². The molecule has 100 valence electrons. The number of hydrogen-bond acceptors (Lipinski definition) is 3. The van der Waals surface area contributed by atoms with E-state index >= 15 is 0 Å². The van der Waals surface area contributed by atoms with Gasteiger partial charge in [0.1, 0.15) is 5.82 Å². The Kier molecular flexibility index (Phi) is 3.26. The Morgan fingerprint density at radius 1 is 1.37 bits per heavy atom. The van der Waals surface area contributed by atoms with E-state index in [1.54, 1.807) is 6.07 Å². The molecule has 1 aliphatic carbocycles. The number of likely N-dealkylation sites (tertiary alicyclic amines) is 1. The summed E-state index contributed by atoms with van der Waals surface area (Å²) in [5.74, 6) is 0.649. The molecule has 4 heteroatoms. The topological polar surface area (TPSA) is 47.3 Å². The third kappa shape index (κ3) is 2.36. The van der Waals surface area contributed by atoms with Crippen molar-refractivity contribution in [2.75, 3.05) is 13.1 Å². The molecule has 0 aromatic heterocycles. The van der Waals surface area contributed by atoms with Crippen molar-refractivity contribution in [3.8, 4) is 6.07 Å². The highest BCUT2D eigenvalue weighted by molar-refractivity contribution is 5.33. The van der Waals surface area contributed by atoms with Crippen molar-refractivity contribution in [1.82, 2.24) is 4.90 Å². The first kappa shape index (κ1) is 12.6. The second-order valence-electron chi connectivity index (χ2n) is 5.68. The van der Waals surface area contributed by atoms with Crippen LogP contribution in [-0.2, 0) is 6.54 Å². The average Bonchev–Trinajstić information content (AvgIpc) is 2.95. The molecule has 1 aromatic rings. The Labute approximate surface area is 112 Å². The van der Waals surface area contributed by atoms with E-state index in [4.69, 9.17) is 5.26 Å².